The van der Waals surface area contributed by atoms with Crippen molar-refractivity contribution >= 4 is 16.0 Å². The fourth-order valence-electron chi connectivity index (χ4n) is 4.54. The van der Waals surface area contributed by atoms with E-state index < -0.39 is 10.1 Å². The second kappa shape index (κ2) is 9.01. The Bertz CT molecular complexity index is 1040. The Morgan fingerprint density at radius 2 is 1.58 bits per heavy atom. The number of benzene rings is 2. The van der Waals surface area contributed by atoms with Gasteiger partial charge >= 0.3 is 10.1 Å². The molecule has 0 aromatic heterocycles. The number of aryl methyl sites for hydroxylation is 2. The molecule has 1 aliphatic heterocycles. The average Bonchev–Trinajstić information content (AvgIpc) is 3.30. The Labute approximate surface area is 184 Å². The number of carbonyl (C=O) groups is 1. The van der Waals surface area contributed by atoms with Crippen molar-refractivity contribution in [2.45, 2.75) is 50.5 Å². The molecule has 6 nitrogen and oxygen atoms in total. The van der Waals surface area contributed by atoms with Crippen LogP contribution >= 0.6 is 0 Å². The Morgan fingerprint density at radius 1 is 0.935 bits per heavy atom. The third-order valence-electron chi connectivity index (χ3n) is 6.36. The van der Waals surface area contributed by atoms with Gasteiger partial charge in [-0.15, -0.1) is 0 Å². The van der Waals surface area contributed by atoms with Gasteiger partial charge in [0.15, 0.2) is 0 Å². The lowest BCUT2D eigenvalue weighted by Gasteiger charge is -2.38. The van der Waals surface area contributed by atoms with Crippen molar-refractivity contribution in [3.63, 3.8) is 0 Å². The number of amides is 1. The van der Waals surface area contributed by atoms with Crippen LogP contribution in [-0.2, 0) is 10.1 Å². The van der Waals surface area contributed by atoms with Gasteiger partial charge in [0.2, 0.25) is 0 Å². The molecule has 0 radical (unpaired) electrons. The van der Waals surface area contributed by atoms with Crippen LogP contribution < -0.4 is 4.18 Å². The van der Waals surface area contributed by atoms with Crippen LogP contribution in [0.25, 0.3) is 0 Å². The van der Waals surface area contributed by atoms with E-state index in [-0.39, 0.29) is 16.6 Å². The lowest BCUT2D eigenvalue weighted by molar-refractivity contribution is 0.0573. The van der Waals surface area contributed by atoms with E-state index in [9.17, 15) is 13.2 Å². The Morgan fingerprint density at radius 3 is 2.23 bits per heavy atom. The van der Waals surface area contributed by atoms with Gasteiger partial charge in [0.1, 0.15) is 10.6 Å². The summed E-state index contributed by atoms with van der Waals surface area (Å²) >= 11 is 0. The molecule has 2 aromatic carbocycles. The van der Waals surface area contributed by atoms with Crippen molar-refractivity contribution in [1.82, 2.24) is 9.80 Å². The molecule has 7 heteroatoms. The lowest BCUT2D eigenvalue weighted by Crippen LogP contribution is -2.51. The smallest absolute Gasteiger partial charge is 0.339 e. The molecule has 4 rings (SSSR count). The number of piperazine rings is 1. The topological polar surface area (TPSA) is 66.9 Å². The molecule has 166 valence electrons. The second-order valence-corrected chi connectivity index (χ2v) is 10.1. The first-order valence-corrected chi connectivity index (χ1v) is 12.4. The normalized spacial score (nSPS) is 18.3. The van der Waals surface area contributed by atoms with E-state index in [0.29, 0.717) is 17.2 Å². The summed E-state index contributed by atoms with van der Waals surface area (Å²) in [7, 11) is -3.94. The summed E-state index contributed by atoms with van der Waals surface area (Å²) in [5.41, 5.74) is 2.03. The minimum atomic E-state index is -3.94. The van der Waals surface area contributed by atoms with Crippen LogP contribution in [0.4, 0.5) is 0 Å². The van der Waals surface area contributed by atoms with Crippen molar-refractivity contribution in [3.8, 4) is 5.75 Å². The Hall–Kier alpha value is -2.38. The van der Waals surface area contributed by atoms with Gasteiger partial charge in [0.25, 0.3) is 5.91 Å². The molecule has 0 unspecified atom stereocenters. The SMILES string of the molecule is Cc1ccc(C)c(S(=O)(=O)Oc2ccc(C(=O)N3CCN(C4CCCC4)CC3)cc2)c1. The zero-order chi connectivity index (χ0) is 22.0. The van der Waals surface area contributed by atoms with E-state index >= 15 is 0 Å². The minimum Gasteiger partial charge on any atom is -0.379 e. The van der Waals surface area contributed by atoms with Gasteiger partial charge in [0, 0.05) is 37.8 Å². The van der Waals surface area contributed by atoms with E-state index in [1.165, 1.54) is 25.7 Å². The van der Waals surface area contributed by atoms with Crippen molar-refractivity contribution in [2.75, 3.05) is 26.2 Å². The molecule has 2 aliphatic rings. The fraction of sp³-hybridized carbons (Fsp3) is 0.458. The highest BCUT2D eigenvalue weighted by Crippen LogP contribution is 2.25. The molecule has 0 bridgehead atoms. The summed E-state index contributed by atoms with van der Waals surface area (Å²) in [5, 5.41) is 0. The van der Waals surface area contributed by atoms with E-state index in [2.05, 4.69) is 4.90 Å². The summed E-state index contributed by atoms with van der Waals surface area (Å²) in [4.78, 5) is 17.4. The van der Waals surface area contributed by atoms with Crippen molar-refractivity contribution < 1.29 is 17.4 Å². The molecule has 2 aromatic rings. The molecule has 1 saturated carbocycles. The first kappa shape index (κ1) is 21.8. The molecule has 31 heavy (non-hydrogen) atoms. The van der Waals surface area contributed by atoms with Crippen LogP contribution in [0.3, 0.4) is 0 Å². The maximum atomic E-state index is 12.9. The molecular formula is C24H30N2O4S. The lowest BCUT2D eigenvalue weighted by atomic mass is 10.1. The first-order valence-electron chi connectivity index (χ1n) is 11.0. The summed E-state index contributed by atoms with van der Waals surface area (Å²) < 4.78 is 30.7. The van der Waals surface area contributed by atoms with E-state index in [1.54, 1.807) is 43.3 Å². The first-order chi connectivity index (χ1) is 14.8. The summed E-state index contributed by atoms with van der Waals surface area (Å²) in [6.45, 7) is 6.89. The van der Waals surface area contributed by atoms with Crippen molar-refractivity contribution in [2.24, 2.45) is 0 Å². The van der Waals surface area contributed by atoms with Crippen LogP contribution in [0.15, 0.2) is 47.4 Å². The standard InChI is InChI=1S/C24H30N2O4S/c1-18-7-8-19(2)23(17-18)31(28,29)30-22-11-9-20(10-12-22)24(27)26-15-13-25(14-16-26)21-5-3-4-6-21/h7-12,17,21H,3-6,13-16H2,1-2H3. The van der Waals surface area contributed by atoms with Gasteiger partial charge in [-0.3, -0.25) is 9.69 Å². The van der Waals surface area contributed by atoms with Gasteiger partial charge in [-0.25, -0.2) is 0 Å². The van der Waals surface area contributed by atoms with Crippen LogP contribution in [0, 0.1) is 13.8 Å². The highest BCUT2D eigenvalue weighted by molar-refractivity contribution is 7.87. The third kappa shape index (κ3) is 4.93. The van der Waals surface area contributed by atoms with Crippen LogP contribution in [-0.4, -0.2) is 56.3 Å². The third-order valence-corrected chi connectivity index (χ3v) is 7.75. The largest absolute Gasteiger partial charge is 0.379 e. The van der Waals surface area contributed by atoms with Crippen LogP contribution in [0.1, 0.15) is 47.2 Å². The fourth-order valence-corrected chi connectivity index (χ4v) is 5.79. The zero-order valence-electron chi connectivity index (χ0n) is 18.2. The predicted molar refractivity (Wildman–Crippen MR) is 120 cm³/mol. The number of nitrogens with zero attached hydrogens (tertiary/aromatic N) is 2. The molecule has 2 fully saturated rings. The van der Waals surface area contributed by atoms with Gasteiger partial charge in [-0.05, 0) is 68.1 Å². The maximum Gasteiger partial charge on any atom is 0.339 e. The predicted octanol–water partition coefficient (Wildman–Crippen LogP) is 3.77. The molecule has 0 spiro atoms. The molecular weight excluding hydrogens is 412 g/mol. The average molecular weight is 443 g/mol. The number of carbonyl (C=O) groups excluding carboxylic acids is 1. The Balaban J connectivity index is 1.39. The van der Waals surface area contributed by atoms with Crippen LogP contribution in [0.2, 0.25) is 0 Å². The molecule has 1 aliphatic carbocycles. The molecule has 0 atom stereocenters. The highest BCUT2D eigenvalue weighted by Gasteiger charge is 2.28. The monoisotopic (exact) mass is 442 g/mol. The van der Waals surface area contributed by atoms with E-state index in [1.807, 2.05) is 17.9 Å². The number of hydrogen-bond acceptors (Lipinski definition) is 5. The van der Waals surface area contributed by atoms with Gasteiger partial charge in [-0.1, -0.05) is 25.0 Å². The van der Waals surface area contributed by atoms with Crippen molar-refractivity contribution in [3.05, 3.63) is 59.2 Å². The minimum absolute atomic E-state index is 0.0185. The molecule has 1 amide bonds. The highest BCUT2D eigenvalue weighted by atomic mass is 32.2. The van der Waals surface area contributed by atoms with Gasteiger partial charge in [-0.2, -0.15) is 8.42 Å². The number of rotatable bonds is 5. The number of hydrogen-bond donors (Lipinski definition) is 0. The maximum absolute atomic E-state index is 12.9. The summed E-state index contributed by atoms with van der Waals surface area (Å²) in [5.74, 6) is 0.179. The molecule has 1 heterocycles. The van der Waals surface area contributed by atoms with Crippen molar-refractivity contribution in [1.29, 1.82) is 0 Å². The Kier molecular flexibility index (Phi) is 6.34. The molecule has 0 N–H and O–H groups in total. The van der Waals surface area contributed by atoms with Gasteiger partial charge < -0.3 is 9.08 Å². The molecule has 1 saturated heterocycles. The summed E-state index contributed by atoms with van der Waals surface area (Å²) in [6, 6.07) is 12.3. The van der Waals surface area contributed by atoms with E-state index in [4.69, 9.17) is 4.18 Å². The van der Waals surface area contributed by atoms with E-state index in [0.717, 1.165) is 31.7 Å². The summed E-state index contributed by atoms with van der Waals surface area (Å²) in [6.07, 6.45) is 5.19. The van der Waals surface area contributed by atoms with Gasteiger partial charge in [0.05, 0.1) is 0 Å². The zero-order valence-corrected chi connectivity index (χ0v) is 19.0. The quantitative estimate of drug-likeness (QED) is 0.660. The second-order valence-electron chi connectivity index (χ2n) is 8.60. The van der Waals surface area contributed by atoms with Crippen LogP contribution in [0.5, 0.6) is 5.75 Å².